The number of alkyl carbamates (subject to hydrolysis) is 1. The highest BCUT2D eigenvalue weighted by Crippen LogP contribution is 2.37. The summed E-state index contributed by atoms with van der Waals surface area (Å²) >= 11 is 2.25. The van der Waals surface area contributed by atoms with Crippen LogP contribution in [0.25, 0.3) is 0 Å². The normalized spacial score (nSPS) is 21.1. The van der Waals surface area contributed by atoms with Gasteiger partial charge >= 0.3 is 12.3 Å². The summed E-state index contributed by atoms with van der Waals surface area (Å²) in [4.78, 5) is 20.2. The zero-order valence-electron chi connectivity index (χ0n) is 34.7. The number of halogens is 4. The highest BCUT2D eigenvalue weighted by atomic mass is 127. The fraction of sp³-hybridized carbons (Fsp3) is 0.467. The van der Waals surface area contributed by atoms with Crippen LogP contribution in [-0.4, -0.2) is 102 Å². The Hall–Kier alpha value is -4.36. The number of amides is 1. The molecule has 330 valence electrons. The van der Waals surface area contributed by atoms with E-state index in [1.54, 1.807) is 6.92 Å². The van der Waals surface area contributed by atoms with Gasteiger partial charge in [-0.15, -0.1) is 0 Å². The van der Waals surface area contributed by atoms with E-state index in [2.05, 4.69) is 42.7 Å². The average molecular weight is 963 g/mol. The number of alkyl halides is 3. The summed E-state index contributed by atoms with van der Waals surface area (Å²) in [6, 6.07) is 24.5. The summed E-state index contributed by atoms with van der Waals surface area (Å²) < 4.78 is 70.1. The number of aliphatic hydroxyl groups is 2. The Morgan fingerprint density at radius 2 is 1.62 bits per heavy atom. The molecule has 2 aliphatic rings. The Morgan fingerprint density at radius 3 is 2.30 bits per heavy atom. The van der Waals surface area contributed by atoms with Gasteiger partial charge in [-0.1, -0.05) is 24.3 Å². The van der Waals surface area contributed by atoms with Crippen molar-refractivity contribution in [3.05, 3.63) is 105 Å². The minimum atomic E-state index is -4.67. The van der Waals surface area contributed by atoms with Gasteiger partial charge in [-0.2, -0.15) is 13.2 Å². The van der Waals surface area contributed by atoms with Crippen molar-refractivity contribution < 1.29 is 51.9 Å². The number of carbonyl (C=O) groups is 1. The molecule has 5 atom stereocenters. The van der Waals surface area contributed by atoms with Crippen LogP contribution in [-0.2, 0) is 22.1 Å². The maximum atomic E-state index is 13.3. The van der Waals surface area contributed by atoms with Crippen molar-refractivity contribution in [2.75, 3.05) is 50.8 Å². The van der Waals surface area contributed by atoms with Crippen molar-refractivity contribution in [2.24, 2.45) is 0 Å². The third kappa shape index (κ3) is 13.3. The van der Waals surface area contributed by atoms with E-state index in [0.29, 0.717) is 30.9 Å². The Balaban J connectivity index is 0.897. The van der Waals surface area contributed by atoms with Crippen LogP contribution in [0.4, 0.5) is 23.7 Å². The third-order valence-corrected chi connectivity index (χ3v) is 11.2. The van der Waals surface area contributed by atoms with Crippen LogP contribution in [0.3, 0.4) is 0 Å². The number of rotatable bonds is 15. The van der Waals surface area contributed by atoms with Crippen molar-refractivity contribution in [3.8, 4) is 23.1 Å². The minimum Gasteiger partial charge on any atom is -0.494 e. The van der Waals surface area contributed by atoms with Crippen LogP contribution in [0.5, 0.6) is 23.1 Å². The van der Waals surface area contributed by atoms with Gasteiger partial charge in [-0.25, -0.2) is 9.78 Å². The molecule has 3 heterocycles. The monoisotopic (exact) mass is 962 g/mol. The highest BCUT2D eigenvalue weighted by molar-refractivity contribution is 14.1. The smallest absolute Gasteiger partial charge is 0.433 e. The van der Waals surface area contributed by atoms with E-state index in [0.717, 1.165) is 78.0 Å². The van der Waals surface area contributed by atoms with Gasteiger partial charge in [0.25, 0.3) is 0 Å². The number of pyridine rings is 1. The van der Waals surface area contributed by atoms with Gasteiger partial charge in [0.15, 0.2) is 6.10 Å². The van der Waals surface area contributed by atoms with E-state index in [9.17, 15) is 28.2 Å². The number of nitrogens with zero attached hydrogens (tertiary/aromatic N) is 3. The molecule has 6 rings (SSSR count). The lowest BCUT2D eigenvalue weighted by molar-refractivity contribution is -0.213. The van der Waals surface area contributed by atoms with Gasteiger partial charge in [0.1, 0.15) is 46.9 Å². The summed E-state index contributed by atoms with van der Waals surface area (Å²) in [6.45, 7) is 12.7. The summed E-state index contributed by atoms with van der Waals surface area (Å²) in [5.74, 6) is 1.91. The topological polar surface area (TPSA) is 135 Å². The molecule has 4 aromatic rings. The molecule has 1 aromatic heterocycles. The second-order valence-corrected chi connectivity index (χ2v) is 17.3. The summed E-state index contributed by atoms with van der Waals surface area (Å²) in [7, 11) is 0. The summed E-state index contributed by atoms with van der Waals surface area (Å²) in [5, 5.41) is 24.2. The Bertz CT molecular complexity index is 2030. The predicted octanol–water partition coefficient (Wildman–Crippen LogP) is 8.17. The van der Waals surface area contributed by atoms with E-state index in [-0.39, 0.29) is 5.88 Å². The molecule has 12 nitrogen and oxygen atoms in total. The second kappa shape index (κ2) is 20.7. The van der Waals surface area contributed by atoms with Gasteiger partial charge < -0.3 is 44.1 Å². The summed E-state index contributed by atoms with van der Waals surface area (Å²) in [6.07, 6.45) is -8.02. The molecule has 0 spiro atoms. The zero-order valence-corrected chi connectivity index (χ0v) is 36.9. The molecule has 0 bridgehead atoms. The van der Waals surface area contributed by atoms with Gasteiger partial charge in [0, 0.05) is 44.5 Å². The lowest BCUT2D eigenvalue weighted by Crippen LogP contribution is -2.55. The first-order valence-electron chi connectivity index (χ1n) is 20.5. The summed E-state index contributed by atoms with van der Waals surface area (Å²) in [5.41, 5.74) is 1.10. The average Bonchev–Trinajstić information content (AvgIpc) is 3.22. The van der Waals surface area contributed by atoms with E-state index >= 15 is 0 Å². The molecule has 0 unspecified atom stereocenters. The Morgan fingerprint density at radius 1 is 0.918 bits per heavy atom. The fourth-order valence-corrected chi connectivity index (χ4v) is 7.78. The molecule has 16 heteroatoms. The van der Waals surface area contributed by atoms with Crippen molar-refractivity contribution in [1.82, 2.24) is 15.2 Å². The van der Waals surface area contributed by atoms with Crippen LogP contribution in [0.1, 0.15) is 63.5 Å². The largest absolute Gasteiger partial charge is 0.494 e. The number of carbonyl (C=O) groups excluding carboxylic acids is 1. The number of hydrogen-bond acceptors (Lipinski definition) is 11. The second-order valence-electron chi connectivity index (χ2n) is 16.2. The number of anilines is 1. The number of nitrogens with one attached hydrogen (secondary N) is 1. The molecule has 2 aliphatic heterocycles. The number of benzene rings is 3. The van der Waals surface area contributed by atoms with Crippen LogP contribution in [0.2, 0.25) is 0 Å². The minimum absolute atomic E-state index is 0.326. The maximum absolute atomic E-state index is 13.3. The van der Waals surface area contributed by atoms with E-state index in [1.165, 1.54) is 12.1 Å². The van der Waals surface area contributed by atoms with Gasteiger partial charge in [0.2, 0.25) is 5.88 Å². The molecule has 2 saturated heterocycles. The quantitative estimate of drug-likeness (QED) is 0.0787. The van der Waals surface area contributed by atoms with Crippen molar-refractivity contribution in [3.63, 3.8) is 0 Å². The number of piperazine rings is 1. The van der Waals surface area contributed by atoms with Crippen LogP contribution in [0, 0.1) is 3.57 Å². The van der Waals surface area contributed by atoms with Gasteiger partial charge in [-0.05, 0) is 142 Å². The molecule has 3 aromatic carbocycles. The van der Waals surface area contributed by atoms with Crippen LogP contribution in [0.15, 0.2) is 84.9 Å². The van der Waals surface area contributed by atoms with Gasteiger partial charge in [0.05, 0.1) is 16.3 Å². The fourth-order valence-electron chi connectivity index (χ4n) is 7.09. The van der Waals surface area contributed by atoms with E-state index < -0.39 is 54.1 Å². The first-order chi connectivity index (χ1) is 29.0. The number of aliphatic hydroxyl groups excluding tert-OH is 2. The van der Waals surface area contributed by atoms with Gasteiger partial charge in [-0.3, -0.25) is 4.90 Å². The predicted molar refractivity (Wildman–Crippen MR) is 232 cm³/mol. The van der Waals surface area contributed by atoms with Crippen LogP contribution < -0.4 is 24.4 Å². The first kappa shape index (κ1) is 46.2. The molecule has 1 amide bonds. The lowest BCUT2D eigenvalue weighted by Gasteiger charge is -2.41. The number of ether oxygens (including phenoxy) is 5. The molecule has 0 saturated carbocycles. The number of unbranched alkanes of at least 4 members (excludes halogenated alkanes) is 1. The Kier molecular flexibility index (Phi) is 15.6. The molecule has 2 fully saturated rings. The maximum Gasteiger partial charge on any atom is 0.433 e. The van der Waals surface area contributed by atoms with Crippen molar-refractivity contribution in [1.29, 1.82) is 0 Å². The first-order valence-corrected chi connectivity index (χ1v) is 21.6. The SMILES string of the molecule is C[C@H]1O[C@@H](c2ccc(N3CCN(CCCCOc4ccc(Oc5ccc(CCNC(=O)OC(C)(C)C)cc5I)cc4)CC3)cc2)[C@H](Oc2cccc(C(F)(F)F)n2)[C@@H](O)[C@H]1O. The molecule has 61 heavy (non-hydrogen) atoms. The molecule has 0 radical (unpaired) electrons. The Labute approximate surface area is 368 Å². The molecular formula is C45H54F3IN4O8. The third-order valence-electron chi connectivity index (χ3n) is 10.3. The number of aromatic nitrogens is 1. The molecule has 0 aliphatic carbocycles. The lowest BCUT2D eigenvalue weighted by atomic mass is 9.91. The van der Waals surface area contributed by atoms with Crippen molar-refractivity contribution in [2.45, 2.75) is 89.3 Å². The highest BCUT2D eigenvalue weighted by Gasteiger charge is 2.45. The zero-order chi connectivity index (χ0) is 43.7. The molecular weight excluding hydrogens is 908 g/mol. The van der Waals surface area contributed by atoms with Crippen molar-refractivity contribution >= 4 is 34.4 Å². The standard InChI is InChI=1S/C45H54F3IN4O8/c1-29-39(54)40(55)42(60-38-9-7-8-37(51-38)45(46,47)48)41(58-29)31-11-13-32(14-12-31)53-25-23-52(24-26-53)22-5-6-27-57-33-15-17-34(18-16-33)59-36-19-10-30(28-35(36)49)20-21-50-43(56)61-44(2,3)4/h7-19,28-29,39-42,54-55H,5-6,20-27H2,1-4H3,(H,50,56)/t29-,39+,40+,41+,42-/m1/s1. The van der Waals surface area contributed by atoms with E-state index in [1.807, 2.05) is 87.5 Å². The number of hydrogen-bond donors (Lipinski definition) is 3. The molecule has 3 N–H and O–H groups in total. The van der Waals surface area contributed by atoms with E-state index in [4.69, 9.17) is 23.7 Å². The van der Waals surface area contributed by atoms with Crippen LogP contribution >= 0.6 is 22.6 Å².